The van der Waals surface area contributed by atoms with E-state index in [-0.39, 0.29) is 5.91 Å². The number of para-hydroxylation sites is 2. The number of fused-ring (bicyclic) bond motifs is 1. The van der Waals surface area contributed by atoms with Crippen LogP contribution in [0.25, 0.3) is 11.0 Å². The number of nitrogens with zero attached hydrogens (tertiary/aromatic N) is 4. The second-order valence-electron chi connectivity index (χ2n) is 3.75. The third-order valence-electron chi connectivity index (χ3n) is 2.71. The fraction of sp³-hybridized carbons (Fsp3) is 0.0833. The molecule has 0 atom stereocenters. The van der Waals surface area contributed by atoms with Crippen molar-refractivity contribution < 1.29 is 4.79 Å². The Bertz CT molecular complexity index is 695. The average Bonchev–Trinajstić information content (AvgIpc) is 2.94. The summed E-state index contributed by atoms with van der Waals surface area (Å²) in [5.41, 5.74) is 2.15. The van der Waals surface area contributed by atoms with E-state index in [0.29, 0.717) is 5.69 Å². The Morgan fingerprint density at radius 1 is 1.24 bits per heavy atom. The lowest BCUT2D eigenvalue weighted by atomic mass is 10.3. The number of aryl methyl sites for hydroxylation is 1. The van der Waals surface area contributed by atoms with Crippen LogP contribution < -0.4 is 0 Å². The number of benzene rings is 1. The van der Waals surface area contributed by atoms with E-state index >= 15 is 0 Å². The van der Waals surface area contributed by atoms with Crippen LogP contribution in [0.5, 0.6) is 0 Å². The van der Waals surface area contributed by atoms with Gasteiger partial charge in [0.2, 0.25) is 0 Å². The van der Waals surface area contributed by atoms with Gasteiger partial charge in [0.15, 0.2) is 0 Å². The van der Waals surface area contributed by atoms with Crippen LogP contribution in [0.2, 0.25) is 0 Å². The van der Waals surface area contributed by atoms with Crippen LogP contribution in [0.1, 0.15) is 10.5 Å². The second kappa shape index (κ2) is 3.55. The molecule has 2 aromatic heterocycles. The van der Waals surface area contributed by atoms with Crippen molar-refractivity contribution in [2.24, 2.45) is 7.05 Å². The molecule has 3 rings (SSSR count). The normalized spacial score (nSPS) is 10.9. The first-order valence-electron chi connectivity index (χ1n) is 5.22. The zero-order valence-corrected chi connectivity index (χ0v) is 9.24. The predicted molar refractivity (Wildman–Crippen MR) is 62.7 cm³/mol. The number of hydrogen-bond acceptors (Lipinski definition) is 3. The van der Waals surface area contributed by atoms with Crippen molar-refractivity contribution in [1.29, 1.82) is 0 Å². The van der Waals surface area contributed by atoms with Gasteiger partial charge in [0.25, 0.3) is 5.91 Å². The minimum Gasteiger partial charge on any atom is -0.266 e. The molecule has 0 bridgehead atoms. The smallest absolute Gasteiger partial charge is 0.266 e. The number of aromatic nitrogens is 4. The van der Waals surface area contributed by atoms with E-state index in [1.807, 2.05) is 24.3 Å². The van der Waals surface area contributed by atoms with Gasteiger partial charge in [0.1, 0.15) is 12.0 Å². The first-order valence-corrected chi connectivity index (χ1v) is 5.22. The number of imidazole rings is 1. The first kappa shape index (κ1) is 9.77. The summed E-state index contributed by atoms with van der Waals surface area (Å²) in [5, 5.41) is 3.99. The molecule has 3 aromatic rings. The van der Waals surface area contributed by atoms with Crippen molar-refractivity contribution in [3.63, 3.8) is 0 Å². The molecule has 0 fully saturated rings. The van der Waals surface area contributed by atoms with Crippen LogP contribution >= 0.6 is 0 Å². The molecule has 0 N–H and O–H groups in total. The van der Waals surface area contributed by atoms with Crippen molar-refractivity contribution in [2.75, 3.05) is 0 Å². The van der Waals surface area contributed by atoms with Crippen LogP contribution in [-0.4, -0.2) is 25.2 Å². The van der Waals surface area contributed by atoms with Crippen molar-refractivity contribution in [3.8, 4) is 0 Å². The van der Waals surface area contributed by atoms with Gasteiger partial charge in [-0.05, 0) is 18.2 Å². The Balaban J connectivity index is 2.17. The molecule has 0 unspecified atom stereocenters. The van der Waals surface area contributed by atoms with Gasteiger partial charge in [-0.2, -0.15) is 5.10 Å². The molecule has 0 amide bonds. The van der Waals surface area contributed by atoms with Crippen molar-refractivity contribution in [1.82, 2.24) is 19.3 Å². The molecular formula is C12H10N4O. The van der Waals surface area contributed by atoms with Crippen molar-refractivity contribution in [2.45, 2.75) is 0 Å². The van der Waals surface area contributed by atoms with E-state index in [0.717, 1.165) is 11.0 Å². The van der Waals surface area contributed by atoms with Gasteiger partial charge in [0, 0.05) is 13.2 Å². The van der Waals surface area contributed by atoms with Gasteiger partial charge in [0.05, 0.1) is 11.0 Å². The molecule has 0 radical (unpaired) electrons. The number of carbonyl (C=O) groups excluding carboxylic acids is 1. The molecule has 0 aliphatic rings. The Morgan fingerprint density at radius 2 is 2.06 bits per heavy atom. The van der Waals surface area contributed by atoms with Crippen molar-refractivity contribution in [3.05, 3.63) is 48.5 Å². The summed E-state index contributed by atoms with van der Waals surface area (Å²) < 4.78 is 3.09. The maximum absolute atomic E-state index is 12.3. The highest BCUT2D eigenvalue weighted by Crippen LogP contribution is 2.13. The quantitative estimate of drug-likeness (QED) is 0.631. The predicted octanol–water partition coefficient (Wildman–Crippen LogP) is 1.46. The highest BCUT2D eigenvalue weighted by Gasteiger charge is 2.14. The van der Waals surface area contributed by atoms with Crippen LogP contribution in [0.3, 0.4) is 0 Å². The third-order valence-corrected chi connectivity index (χ3v) is 2.71. The molecule has 0 aliphatic carbocycles. The van der Waals surface area contributed by atoms with Gasteiger partial charge in [-0.1, -0.05) is 12.1 Å². The lowest BCUT2D eigenvalue weighted by Gasteiger charge is -2.02. The van der Waals surface area contributed by atoms with Gasteiger partial charge >= 0.3 is 0 Å². The first-order chi connectivity index (χ1) is 8.27. The molecule has 2 heterocycles. The summed E-state index contributed by atoms with van der Waals surface area (Å²) in [6.45, 7) is 0. The summed E-state index contributed by atoms with van der Waals surface area (Å²) in [6.07, 6.45) is 3.15. The van der Waals surface area contributed by atoms with E-state index in [1.54, 1.807) is 30.3 Å². The molecule has 5 nitrogen and oxygen atoms in total. The largest absolute Gasteiger partial charge is 0.281 e. The van der Waals surface area contributed by atoms with E-state index in [9.17, 15) is 4.79 Å². The highest BCUT2D eigenvalue weighted by atomic mass is 16.2. The van der Waals surface area contributed by atoms with Gasteiger partial charge in [-0.25, -0.2) is 4.98 Å². The monoisotopic (exact) mass is 226 g/mol. The van der Waals surface area contributed by atoms with E-state index < -0.39 is 0 Å². The highest BCUT2D eigenvalue weighted by molar-refractivity contribution is 5.99. The Morgan fingerprint density at radius 3 is 2.82 bits per heavy atom. The maximum atomic E-state index is 12.3. The maximum Gasteiger partial charge on any atom is 0.281 e. The molecule has 0 saturated carbocycles. The lowest BCUT2D eigenvalue weighted by molar-refractivity contribution is 0.0955. The summed E-state index contributed by atoms with van der Waals surface area (Å²) in [4.78, 5) is 16.5. The molecule has 0 saturated heterocycles. The number of carbonyl (C=O) groups is 1. The van der Waals surface area contributed by atoms with Gasteiger partial charge < -0.3 is 0 Å². The van der Waals surface area contributed by atoms with Gasteiger partial charge in [-0.3, -0.25) is 14.0 Å². The molecule has 17 heavy (non-hydrogen) atoms. The molecule has 5 heteroatoms. The number of rotatable bonds is 1. The zero-order chi connectivity index (χ0) is 11.8. The summed E-state index contributed by atoms with van der Waals surface area (Å²) in [6, 6.07) is 9.22. The topological polar surface area (TPSA) is 52.7 Å². The SMILES string of the molecule is Cn1nccc1C(=O)n1cnc2ccccc21. The fourth-order valence-corrected chi connectivity index (χ4v) is 1.83. The van der Waals surface area contributed by atoms with Crippen LogP contribution in [0.4, 0.5) is 0 Å². The van der Waals surface area contributed by atoms with Crippen molar-refractivity contribution >= 4 is 16.9 Å². The lowest BCUT2D eigenvalue weighted by Crippen LogP contribution is -2.15. The summed E-state index contributed by atoms with van der Waals surface area (Å²) in [7, 11) is 1.74. The van der Waals surface area contributed by atoms with E-state index in [1.165, 1.54) is 4.57 Å². The Hall–Kier alpha value is -2.43. The molecule has 0 spiro atoms. The van der Waals surface area contributed by atoms with Gasteiger partial charge in [-0.15, -0.1) is 0 Å². The molecule has 0 aliphatic heterocycles. The minimum absolute atomic E-state index is 0.126. The summed E-state index contributed by atoms with van der Waals surface area (Å²) in [5.74, 6) is -0.126. The van der Waals surface area contributed by atoms with E-state index in [2.05, 4.69) is 10.1 Å². The fourth-order valence-electron chi connectivity index (χ4n) is 1.83. The minimum atomic E-state index is -0.126. The third kappa shape index (κ3) is 1.44. The number of hydrogen-bond donors (Lipinski definition) is 0. The van der Waals surface area contributed by atoms with Crippen LogP contribution in [-0.2, 0) is 7.05 Å². The summed E-state index contributed by atoms with van der Waals surface area (Å²) >= 11 is 0. The standard InChI is InChI=1S/C12H10N4O/c1-15-11(6-7-14-15)12(17)16-8-13-9-4-2-3-5-10(9)16/h2-8H,1H3. The molecule has 84 valence electrons. The average molecular weight is 226 g/mol. The van der Waals surface area contributed by atoms with E-state index in [4.69, 9.17) is 0 Å². The molecule has 1 aromatic carbocycles. The van der Waals surface area contributed by atoms with Crippen LogP contribution in [0.15, 0.2) is 42.9 Å². The zero-order valence-electron chi connectivity index (χ0n) is 9.24. The van der Waals surface area contributed by atoms with Crippen LogP contribution in [0, 0.1) is 0 Å². The Kier molecular flexibility index (Phi) is 2.04. The Labute approximate surface area is 97.3 Å². The molecular weight excluding hydrogens is 216 g/mol. The second-order valence-corrected chi connectivity index (χ2v) is 3.75.